The second-order valence-corrected chi connectivity index (χ2v) is 5.49. The predicted molar refractivity (Wildman–Crippen MR) is 69.3 cm³/mol. The molecule has 1 aliphatic carbocycles. The summed E-state index contributed by atoms with van der Waals surface area (Å²) < 4.78 is 0. The molecule has 0 spiro atoms. The first-order chi connectivity index (χ1) is 7.47. The molecular weight excluding hydrogens is 196 g/mol. The van der Waals surface area contributed by atoms with Crippen molar-refractivity contribution in [1.82, 2.24) is 0 Å². The van der Waals surface area contributed by atoms with Crippen LogP contribution in [0.4, 0.5) is 0 Å². The molecule has 16 heavy (non-hydrogen) atoms. The number of carbonyl (C=O) groups excluding carboxylic acids is 1. The highest BCUT2D eigenvalue weighted by atomic mass is 16.1. The lowest BCUT2D eigenvalue weighted by atomic mass is 9.67. The summed E-state index contributed by atoms with van der Waals surface area (Å²) >= 11 is 0. The summed E-state index contributed by atoms with van der Waals surface area (Å²) in [6.45, 7) is 8.80. The zero-order chi connectivity index (χ0) is 12.2. The van der Waals surface area contributed by atoms with E-state index in [1.165, 1.54) is 18.4 Å². The minimum atomic E-state index is 0.232. The third-order valence-corrected chi connectivity index (χ3v) is 3.77. The van der Waals surface area contributed by atoms with Gasteiger partial charge in [0.25, 0.3) is 0 Å². The van der Waals surface area contributed by atoms with Crippen molar-refractivity contribution in [2.75, 3.05) is 0 Å². The summed E-state index contributed by atoms with van der Waals surface area (Å²) in [5.74, 6) is 0.831. The van der Waals surface area contributed by atoms with Gasteiger partial charge in [-0.15, -0.1) is 0 Å². The van der Waals surface area contributed by atoms with Crippen LogP contribution in [0, 0.1) is 11.3 Å². The van der Waals surface area contributed by atoms with Crippen LogP contribution in [0.3, 0.4) is 0 Å². The number of ketones is 1. The fourth-order valence-electron chi connectivity index (χ4n) is 2.56. The van der Waals surface area contributed by atoms with Crippen molar-refractivity contribution in [3.8, 4) is 0 Å². The quantitative estimate of drug-likeness (QED) is 0.510. The Bertz CT molecular complexity index is 307. The number of allylic oxidation sites excluding steroid dienone is 4. The molecule has 0 amide bonds. The minimum absolute atomic E-state index is 0.232. The van der Waals surface area contributed by atoms with Gasteiger partial charge in [-0.2, -0.15) is 0 Å². The zero-order valence-corrected chi connectivity index (χ0v) is 11.0. The van der Waals surface area contributed by atoms with Gasteiger partial charge in [-0.25, -0.2) is 0 Å². The van der Waals surface area contributed by atoms with Crippen LogP contribution < -0.4 is 0 Å². The highest BCUT2D eigenvalue weighted by molar-refractivity contribution is 5.89. The Morgan fingerprint density at radius 2 is 2.25 bits per heavy atom. The number of carbonyl (C=O) groups is 1. The molecule has 0 radical (unpaired) electrons. The van der Waals surface area contributed by atoms with Gasteiger partial charge >= 0.3 is 0 Å². The molecule has 0 heterocycles. The Hall–Kier alpha value is -0.850. The predicted octanol–water partition coefficient (Wildman–Crippen LogP) is 4.29. The zero-order valence-electron chi connectivity index (χ0n) is 11.0. The van der Waals surface area contributed by atoms with Crippen LogP contribution in [-0.4, -0.2) is 5.78 Å². The summed E-state index contributed by atoms with van der Waals surface area (Å²) in [4.78, 5) is 11.2. The average molecular weight is 220 g/mol. The molecule has 0 saturated heterocycles. The monoisotopic (exact) mass is 220 g/mol. The third kappa shape index (κ3) is 3.33. The first-order valence-electron chi connectivity index (χ1n) is 6.33. The van der Waals surface area contributed by atoms with Gasteiger partial charge in [0, 0.05) is 6.42 Å². The fourth-order valence-corrected chi connectivity index (χ4v) is 2.56. The highest BCUT2D eigenvalue weighted by Crippen LogP contribution is 2.42. The van der Waals surface area contributed by atoms with Crippen molar-refractivity contribution in [2.45, 2.75) is 53.4 Å². The van der Waals surface area contributed by atoms with Crippen molar-refractivity contribution in [3.63, 3.8) is 0 Å². The van der Waals surface area contributed by atoms with E-state index in [0.29, 0.717) is 17.8 Å². The molecule has 1 heteroatoms. The van der Waals surface area contributed by atoms with Gasteiger partial charge in [0.2, 0.25) is 0 Å². The van der Waals surface area contributed by atoms with Crippen LogP contribution in [-0.2, 0) is 4.79 Å². The van der Waals surface area contributed by atoms with E-state index in [0.717, 1.165) is 6.42 Å². The van der Waals surface area contributed by atoms with E-state index in [-0.39, 0.29) is 5.78 Å². The van der Waals surface area contributed by atoms with Crippen LogP contribution in [0.2, 0.25) is 0 Å². The van der Waals surface area contributed by atoms with Gasteiger partial charge in [0.05, 0.1) is 0 Å². The molecule has 0 aromatic heterocycles. The number of hydrogen-bond acceptors (Lipinski definition) is 1. The lowest BCUT2D eigenvalue weighted by Gasteiger charge is -2.38. The molecule has 1 unspecified atom stereocenters. The smallest absolute Gasteiger partial charge is 0.155 e. The summed E-state index contributed by atoms with van der Waals surface area (Å²) in [6, 6.07) is 0. The number of hydrogen-bond donors (Lipinski definition) is 0. The van der Waals surface area contributed by atoms with Crippen LogP contribution in [0.5, 0.6) is 0 Å². The van der Waals surface area contributed by atoms with Crippen LogP contribution >= 0.6 is 0 Å². The van der Waals surface area contributed by atoms with Crippen molar-refractivity contribution in [3.05, 3.63) is 23.8 Å². The standard InChI is InChI=1S/C15H24O/c1-5-13(16)9-6-10-14-12(2)8-7-11-15(14,3)4/h6,8-9,14H,5,7,10-11H2,1-4H3. The molecule has 0 N–H and O–H groups in total. The number of rotatable bonds is 4. The van der Waals surface area contributed by atoms with Gasteiger partial charge in [-0.3, -0.25) is 4.79 Å². The Morgan fingerprint density at radius 1 is 1.56 bits per heavy atom. The molecule has 90 valence electrons. The molecule has 1 atom stereocenters. The fraction of sp³-hybridized carbons (Fsp3) is 0.667. The Kier molecular flexibility index (Phi) is 4.52. The minimum Gasteiger partial charge on any atom is -0.295 e. The summed E-state index contributed by atoms with van der Waals surface area (Å²) in [7, 11) is 0. The Morgan fingerprint density at radius 3 is 2.81 bits per heavy atom. The topological polar surface area (TPSA) is 17.1 Å². The molecule has 0 aromatic rings. The summed E-state index contributed by atoms with van der Waals surface area (Å²) in [5.41, 5.74) is 1.86. The van der Waals surface area contributed by atoms with E-state index in [1.54, 1.807) is 6.08 Å². The molecule has 0 aliphatic heterocycles. The van der Waals surface area contributed by atoms with Crippen molar-refractivity contribution < 1.29 is 4.79 Å². The second-order valence-electron chi connectivity index (χ2n) is 5.49. The molecule has 1 nitrogen and oxygen atoms in total. The summed E-state index contributed by atoms with van der Waals surface area (Å²) in [6.07, 6.45) is 10.2. The maximum absolute atomic E-state index is 11.2. The van der Waals surface area contributed by atoms with E-state index in [9.17, 15) is 4.79 Å². The van der Waals surface area contributed by atoms with Gasteiger partial charge < -0.3 is 0 Å². The molecule has 0 saturated carbocycles. The molecule has 1 aliphatic rings. The third-order valence-electron chi connectivity index (χ3n) is 3.77. The lowest BCUT2D eigenvalue weighted by Crippen LogP contribution is -2.27. The van der Waals surface area contributed by atoms with E-state index < -0.39 is 0 Å². The van der Waals surface area contributed by atoms with Crippen LogP contribution in [0.1, 0.15) is 53.4 Å². The average Bonchev–Trinajstić information content (AvgIpc) is 2.21. The second kappa shape index (κ2) is 5.47. The van der Waals surface area contributed by atoms with Crippen molar-refractivity contribution in [1.29, 1.82) is 0 Å². The van der Waals surface area contributed by atoms with Crippen molar-refractivity contribution >= 4 is 5.78 Å². The van der Waals surface area contributed by atoms with E-state index in [4.69, 9.17) is 0 Å². The van der Waals surface area contributed by atoms with Crippen LogP contribution in [0.15, 0.2) is 23.8 Å². The molecule has 1 rings (SSSR count). The SMILES string of the molecule is CCC(=O)C=CCC1C(C)=CCCC1(C)C. The lowest BCUT2D eigenvalue weighted by molar-refractivity contribution is -0.114. The first kappa shape index (κ1) is 13.2. The highest BCUT2D eigenvalue weighted by Gasteiger charge is 2.31. The molecule has 0 aromatic carbocycles. The first-order valence-corrected chi connectivity index (χ1v) is 6.33. The Balaban J connectivity index is 2.64. The maximum atomic E-state index is 11.2. The van der Waals surface area contributed by atoms with Crippen LogP contribution in [0.25, 0.3) is 0 Å². The van der Waals surface area contributed by atoms with Crippen molar-refractivity contribution in [2.24, 2.45) is 11.3 Å². The Labute approximate surface area is 99.6 Å². The van der Waals surface area contributed by atoms with E-state index in [1.807, 2.05) is 6.92 Å². The summed E-state index contributed by atoms with van der Waals surface area (Å²) in [5, 5.41) is 0. The molecular formula is C15H24O. The van der Waals surface area contributed by atoms with E-state index in [2.05, 4.69) is 32.9 Å². The maximum Gasteiger partial charge on any atom is 0.155 e. The van der Waals surface area contributed by atoms with Gasteiger partial charge in [-0.05, 0) is 43.6 Å². The van der Waals surface area contributed by atoms with Gasteiger partial charge in [-0.1, -0.05) is 38.5 Å². The normalized spacial score (nSPS) is 24.5. The molecule has 0 bridgehead atoms. The van der Waals surface area contributed by atoms with Gasteiger partial charge in [0.15, 0.2) is 5.78 Å². The molecule has 0 fully saturated rings. The van der Waals surface area contributed by atoms with Gasteiger partial charge in [0.1, 0.15) is 0 Å². The largest absolute Gasteiger partial charge is 0.295 e. The van der Waals surface area contributed by atoms with E-state index >= 15 is 0 Å².